The van der Waals surface area contributed by atoms with Gasteiger partial charge in [-0.1, -0.05) is 52.0 Å². The van der Waals surface area contributed by atoms with Crippen molar-refractivity contribution in [3.63, 3.8) is 0 Å². The number of aromatic hydroxyl groups is 1. The number of hydrogen-bond acceptors (Lipinski definition) is 14. The number of Topliss-reactive ketones (excluding diaryl/α,β-unsaturated/α-hetero) is 1. The smallest absolute Gasteiger partial charge is 0.312 e. The number of nitrogens with zero attached hydrogens (tertiary/aromatic N) is 1. The molecule has 6 rings (SSSR count). The zero-order valence-electron chi connectivity index (χ0n) is 34.2. The largest absolute Gasteiger partial charge is 0.505 e. The van der Waals surface area contributed by atoms with Crippen LogP contribution in [0.3, 0.4) is 0 Å². The maximum Gasteiger partial charge on any atom is 0.312 e. The second-order valence-corrected chi connectivity index (χ2v) is 16.7. The van der Waals surface area contributed by atoms with E-state index in [2.05, 4.69) is 14.8 Å². The molecular weight excluding hydrogens is 800 g/mol. The Morgan fingerprint density at radius 2 is 1.71 bits per heavy atom. The Labute approximate surface area is 347 Å². The summed E-state index contributed by atoms with van der Waals surface area (Å²) in [7, 11) is 3.62. The number of allylic oxidation sites excluding steroid dienone is 2. The molecule has 3 heterocycles. The van der Waals surface area contributed by atoms with E-state index < -0.39 is 82.7 Å². The van der Waals surface area contributed by atoms with Gasteiger partial charge in [-0.2, -0.15) is 0 Å². The van der Waals surface area contributed by atoms with Crippen LogP contribution in [0.1, 0.15) is 64.4 Å². The van der Waals surface area contributed by atoms with Gasteiger partial charge in [0.15, 0.2) is 11.2 Å². The molecule has 0 aliphatic carbocycles. The predicted octanol–water partition coefficient (Wildman–Crippen LogP) is 6.63. The summed E-state index contributed by atoms with van der Waals surface area (Å²) >= 11 is 1.16. The fraction of sp³-hybridized carbons (Fsp3) is 0.419. The van der Waals surface area contributed by atoms with Gasteiger partial charge in [0.2, 0.25) is 0 Å². The fourth-order valence-corrected chi connectivity index (χ4v) is 9.19. The average Bonchev–Trinajstić information content (AvgIpc) is 3.47. The third-order valence-corrected chi connectivity index (χ3v) is 12.9. The van der Waals surface area contributed by atoms with Crippen LogP contribution in [0.5, 0.6) is 17.2 Å². The zero-order valence-corrected chi connectivity index (χ0v) is 36.2. The Morgan fingerprint density at radius 3 is 2.37 bits per heavy atom. The van der Waals surface area contributed by atoms with E-state index in [1.165, 1.54) is 46.3 Å². The van der Waals surface area contributed by atoms with Gasteiger partial charge in [0.05, 0.1) is 59.9 Å². The van der Waals surface area contributed by atoms with Gasteiger partial charge < -0.3 is 44.1 Å². The number of amides is 1. The maximum absolute atomic E-state index is 14.6. The molecule has 2 unspecified atom stereocenters. The minimum absolute atomic E-state index is 0.00528. The highest BCUT2D eigenvalue weighted by Crippen LogP contribution is 2.50. The minimum Gasteiger partial charge on any atom is -0.505 e. The van der Waals surface area contributed by atoms with Gasteiger partial charge in [-0.25, -0.2) is 4.98 Å². The number of carbonyl (C=O) groups excluding carboxylic acids is 3. The summed E-state index contributed by atoms with van der Waals surface area (Å²) in [5, 5.41) is 37.4. The molecule has 0 radical (unpaired) electrons. The van der Waals surface area contributed by atoms with E-state index in [0.717, 1.165) is 11.3 Å². The van der Waals surface area contributed by atoms with E-state index in [1.54, 1.807) is 65.0 Å². The lowest BCUT2D eigenvalue weighted by molar-refractivity contribution is -0.160. The first-order valence-electron chi connectivity index (χ1n) is 19.1. The summed E-state index contributed by atoms with van der Waals surface area (Å²) < 4.78 is 30.2. The van der Waals surface area contributed by atoms with E-state index in [-0.39, 0.29) is 49.1 Å². The highest BCUT2D eigenvalue weighted by atomic mass is 32.1. The molecule has 59 heavy (non-hydrogen) atoms. The molecule has 0 fully saturated rings. The lowest BCUT2D eigenvalue weighted by Crippen LogP contribution is -2.46. The molecule has 16 heteroatoms. The molecule has 10 atom stereocenters. The van der Waals surface area contributed by atoms with Crippen LogP contribution >= 0.6 is 20.8 Å². The predicted molar refractivity (Wildman–Crippen MR) is 228 cm³/mol. The summed E-state index contributed by atoms with van der Waals surface area (Å²) in [6.07, 6.45) is 3.73. The van der Waals surface area contributed by atoms with Crippen molar-refractivity contribution in [3.8, 4) is 17.2 Å². The number of methoxy groups -OCH3 is 1. The van der Waals surface area contributed by atoms with Crippen molar-refractivity contribution in [2.24, 2.45) is 23.7 Å². The molecule has 314 valence electrons. The topological polar surface area (TPSA) is 200 Å². The quantitative estimate of drug-likeness (QED) is 0.0563. The molecular formula is C43H49N2O12PS. The molecule has 2 aliphatic heterocycles. The highest BCUT2D eigenvalue weighted by Gasteiger charge is 2.49. The fourth-order valence-electron chi connectivity index (χ4n) is 7.90. The summed E-state index contributed by atoms with van der Waals surface area (Å²) in [5.41, 5.74) is -0.0471. The van der Waals surface area contributed by atoms with Gasteiger partial charge in [0, 0.05) is 61.2 Å². The maximum atomic E-state index is 14.6. The van der Waals surface area contributed by atoms with Crippen LogP contribution in [0, 0.1) is 30.6 Å². The zero-order chi connectivity index (χ0) is 43.2. The second kappa shape index (κ2) is 17.0. The number of phenols is 1. The normalized spacial score (nSPS) is 30.1. The molecule has 1 amide bonds. The van der Waals surface area contributed by atoms with Crippen LogP contribution in [-0.4, -0.2) is 75.3 Å². The molecule has 1 aromatic heterocycles. The monoisotopic (exact) mass is 848 g/mol. The summed E-state index contributed by atoms with van der Waals surface area (Å²) in [5.74, 6) is -6.57. The van der Waals surface area contributed by atoms with E-state index in [9.17, 15) is 34.5 Å². The van der Waals surface area contributed by atoms with Gasteiger partial charge in [-0.15, -0.1) is 11.3 Å². The number of fused-ring (bicyclic) bond motifs is 2. The molecule has 14 nitrogen and oxygen atoms in total. The van der Waals surface area contributed by atoms with Crippen molar-refractivity contribution in [2.75, 3.05) is 12.4 Å². The first kappa shape index (κ1) is 43.7. The number of carbonyl (C=O) groups is 3. The number of benzene rings is 3. The Hall–Kier alpha value is -4.92. The van der Waals surface area contributed by atoms with Gasteiger partial charge in [0.25, 0.3) is 11.7 Å². The van der Waals surface area contributed by atoms with Crippen LogP contribution in [0.2, 0.25) is 0 Å². The number of anilines is 1. The van der Waals surface area contributed by atoms with Crippen LogP contribution in [0.25, 0.3) is 31.2 Å². The van der Waals surface area contributed by atoms with E-state index >= 15 is 0 Å². The lowest BCUT2D eigenvalue weighted by Gasteiger charge is -2.38. The minimum atomic E-state index is -2.01. The van der Waals surface area contributed by atoms with Crippen molar-refractivity contribution in [3.05, 3.63) is 75.7 Å². The Morgan fingerprint density at radius 1 is 1.00 bits per heavy atom. The molecule has 0 saturated carbocycles. The third kappa shape index (κ3) is 7.82. The lowest BCUT2D eigenvalue weighted by atomic mass is 9.78. The molecule has 3 aromatic carbocycles. The van der Waals surface area contributed by atoms with Crippen LogP contribution in [0.15, 0.2) is 59.1 Å². The number of rotatable bonds is 3. The highest BCUT2D eigenvalue weighted by molar-refractivity contribution is 7.25. The van der Waals surface area contributed by atoms with Gasteiger partial charge in [-0.05, 0) is 32.1 Å². The first-order chi connectivity index (χ1) is 27.9. The molecule has 4 aromatic rings. The van der Waals surface area contributed by atoms with E-state index in [0.29, 0.717) is 16.0 Å². The Bertz CT molecular complexity index is 2520. The standard InChI is InChI=1S/C43H49N2O12PS/c1-18-12-10-13-19(2)42(52)45-33-37(50)29-28(32-40(33)59-27-15-11-14-26(57-58)31(27)44-32)30-39(23(6)36(29)49)56-43(8,41(30)51)54-17-16-25(53-9)20(3)38(55-24(7)46)22(5)35(48)21(4)34(18)47/h10-18,20-22,25,34-35,38,47-48,50H,58H2,1-9H3,(H,45,52)/b12-10+,17-16+,19-13-/t18-,20+,21+,22+,25-,34-,35+,38+,43?/m0/s1. The first-order valence-corrected chi connectivity index (χ1v) is 20.4. The number of ether oxygens (including phenoxy) is 4. The summed E-state index contributed by atoms with van der Waals surface area (Å²) in [4.78, 5) is 60.0. The Kier molecular flexibility index (Phi) is 12.6. The second-order valence-electron chi connectivity index (χ2n) is 15.4. The number of ketones is 1. The van der Waals surface area contributed by atoms with Gasteiger partial charge >= 0.3 is 11.8 Å². The number of aromatic nitrogens is 1. The van der Waals surface area contributed by atoms with Crippen LogP contribution in [0.4, 0.5) is 5.69 Å². The van der Waals surface area contributed by atoms with Crippen molar-refractivity contribution in [2.45, 2.75) is 85.6 Å². The van der Waals surface area contributed by atoms with Gasteiger partial charge in [0.1, 0.15) is 28.8 Å². The number of esters is 1. The molecule has 4 bridgehead atoms. The van der Waals surface area contributed by atoms with Crippen molar-refractivity contribution < 1.29 is 53.2 Å². The summed E-state index contributed by atoms with van der Waals surface area (Å²) in [6.45, 7) is 12.6. The van der Waals surface area contributed by atoms with Gasteiger partial charge in [-0.3, -0.25) is 19.2 Å². The molecule has 0 spiro atoms. The van der Waals surface area contributed by atoms with Crippen LogP contribution in [-0.2, 0) is 23.8 Å². The third-order valence-electron chi connectivity index (χ3n) is 11.5. The van der Waals surface area contributed by atoms with Crippen molar-refractivity contribution in [1.82, 2.24) is 4.98 Å². The number of nitrogens with one attached hydrogen (secondary N) is 1. The number of aliphatic hydroxyl groups excluding tert-OH is 2. The number of hydrogen-bond donors (Lipinski definition) is 4. The van der Waals surface area contributed by atoms with Crippen molar-refractivity contribution >= 4 is 75.4 Å². The number of para-hydroxylation sites is 1. The van der Waals surface area contributed by atoms with E-state index in [4.69, 9.17) is 28.5 Å². The SMILES string of the molecule is CO[C@H]1/C=C/OC2(C)Oc3c(C)c(=O)c4c(O)c(c5sc6cccc(OP)c6nc5c4c3C2=O)NC(=O)/C(C)=C\C=C\[C@H](C)[C@H](O)[C@@H](C)[C@@H](O)[C@@H](C)[C@H](OC(C)=O)[C@@H]1C. The molecule has 0 saturated heterocycles. The Balaban J connectivity index is 1.60. The average molecular weight is 849 g/mol. The number of phenolic OH excluding ortho intramolecular Hbond substituents is 1. The van der Waals surface area contributed by atoms with E-state index in [1.807, 2.05) is 0 Å². The van der Waals surface area contributed by atoms with Crippen molar-refractivity contribution in [1.29, 1.82) is 0 Å². The molecule has 4 N–H and O–H groups in total. The summed E-state index contributed by atoms with van der Waals surface area (Å²) in [6, 6.07) is 5.23. The number of aliphatic hydroxyl groups is 2. The molecule has 2 aliphatic rings. The van der Waals surface area contributed by atoms with Crippen LogP contribution < -0.4 is 20.0 Å².